The summed E-state index contributed by atoms with van der Waals surface area (Å²) in [6, 6.07) is -1.64. The van der Waals surface area contributed by atoms with Crippen molar-refractivity contribution in [2.45, 2.75) is 38.5 Å². The quantitative estimate of drug-likeness (QED) is 0.730. The number of hydrogen-bond donors (Lipinski definition) is 1. The summed E-state index contributed by atoms with van der Waals surface area (Å²) in [5, 5.41) is 2.34. The van der Waals surface area contributed by atoms with Crippen molar-refractivity contribution < 1.29 is 22.8 Å². The monoisotopic (exact) mass is 238 g/mol. The van der Waals surface area contributed by atoms with E-state index in [0.717, 1.165) is 0 Å². The van der Waals surface area contributed by atoms with Gasteiger partial charge in [0.1, 0.15) is 12.6 Å². The summed E-state index contributed by atoms with van der Waals surface area (Å²) in [4.78, 5) is 23.5. The number of amides is 2. The predicted molar refractivity (Wildman–Crippen MR) is 49.5 cm³/mol. The Balaban J connectivity index is 2.86. The Bertz CT molecular complexity index is 304. The second-order valence-electron chi connectivity index (χ2n) is 3.92. The molecule has 16 heavy (non-hydrogen) atoms. The van der Waals surface area contributed by atoms with E-state index in [2.05, 4.69) is 5.32 Å². The highest BCUT2D eigenvalue weighted by Gasteiger charge is 2.39. The number of alkyl halides is 3. The molecule has 1 fully saturated rings. The molecule has 92 valence electrons. The molecule has 0 spiro atoms. The van der Waals surface area contributed by atoms with E-state index in [-0.39, 0.29) is 6.42 Å². The molecule has 1 aliphatic rings. The van der Waals surface area contributed by atoms with Gasteiger partial charge in [0.2, 0.25) is 11.8 Å². The van der Waals surface area contributed by atoms with E-state index in [0.29, 0.717) is 4.90 Å². The van der Waals surface area contributed by atoms with Gasteiger partial charge in [-0.2, -0.15) is 13.2 Å². The molecule has 0 aromatic rings. The van der Waals surface area contributed by atoms with Crippen LogP contribution in [0.4, 0.5) is 13.2 Å². The molecule has 1 aliphatic heterocycles. The van der Waals surface area contributed by atoms with Crippen molar-refractivity contribution in [3.63, 3.8) is 0 Å². The standard InChI is InChI=1S/C9H13F3N2O2/c1-5-3-7(15)13-6(2)8(16)14(5)4-9(10,11)12/h5-6H,3-4H2,1-2H3,(H,13,15). The average Bonchev–Trinajstić information content (AvgIpc) is 2.16. The Morgan fingerprint density at radius 2 is 1.94 bits per heavy atom. The molecule has 2 unspecified atom stereocenters. The highest BCUT2D eigenvalue weighted by Crippen LogP contribution is 2.21. The average molecular weight is 238 g/mol. The normalized spacial score (nSPS) is 27.7. The molecule has 7 heteroatoms. The van der Waals surface area contributed by atoms with Crippen LogP contribution >= 0.6 is 0 Å². The Labute approximate surface area is 90.8 Å². The summed E-state index contributed by atoms with van der Waals surface area (Å²) >= 11 is 0. The molecule has 1 saturated heterocycles. The van der Waals surface area contributed by atoms with Crippen molar-refractivity contribution in [2.75, 3.05) is 6.54 Å². The second-order valence-corrected chi connectivity index (χ2v) is 3.92. The molecule has 2 amide bonds. The summed E-state index contributed by atoms with van der Waals surface area (Å²) in [5.41, 5.74) is 0. The van der Waals surface area contributed by atoms with Crippen LogP contribution in [0.25, 0.3) is 0 Å². The van der Waals surface area contributed by atoms with E-state index in [1.54, 1.807) is 0 Å². The molecule has 4 nitrogen and oxygen atoms in total. The van der Waals surface area contributed by atoms with Crippen LogP contribution in [0.15, 0.2) is 0 Å². The first-order valence-corrected chi connectivity index (χ1v) is 4.87. The minimum absolute atomic E-state index is 0.105. The second kappa shape index (κ2) is 4.31. The highest BCUT2D eigenvalue weighted by atomic mass is 19.4. The van der Waals surface area contributed by atoms with Gasteiger partial charge >= 0.3 is 6.18 Å². The molecule has 0 aliphatic carbocycles. The maximum atomic E-state index is 12.2. The summed E-state index contributed by atoms with van der Waals surface area (Å²) in [7, 11) is 0. The van der Waals surface area contributed by atoms with Gasteiger partial charge < -0.3 is 10.2 Å². The summed E-state index contributed by atoms with van der Waals surface area (Å²) in [5.74, 6) is -1.10. The molecular formula is C9H13F3N2O2. The zero-order valence-corrected chi connectivity index (χ0v) is 8.97. The fraction of sp³-hybridized carbons (Fsp3) is 0.778. The summed E-state index contributed by atoms with van der Waals surface area (Å²) in [6.45, 7) is 1.50. The Morgan fingerprint density at radius 3 is 2.44 bits per heavy atom. The lowest BCUT2D eigenvalue weighted by molar-refractivity contribution is -0.165. The Kier molecular flexibility index (Phi) is 3.44. The summed E-state index contributed by atoms with van der Waals surface area (Å²) < 4.78 is 36.7. The molecule has 0 saturated carbocycles. The number of nitrogens with one attached hydrogen (secondary N) is 1. The van der Waals surface area contributed by atoms with Crippen LogP contribution in [0.3, 0.4) is 0 Å². The van der Waals surface area contributed by atoms with Crippen molar-refractivity contribution in [2.24, 2.45) is 0 Å². The third-order valence-electron chi connectivity index (χ3n) is 2.39. The minimum atomic E-state index is -4.45. The van der Waals surface area contributed by atoms with Crippen molar-refractivity contribution in [1.82, 2.24) is 10.2 Å². The smallest absolute Gasteiger partial charge is 0.345 e. The third-order valence-corrected chi connectivity index (χ3v) is 2.39. The van der Waals surface area contributed by atoms with Crippen molar-refractivity contribution in [1.29, 1.82) is 0 Å². The van der Waals surface area contributed by atoms with Gasteiger partial charge in [-0.3, -0.25) is 9.59 Å². The zero-order valence-electron chi connectivity index (χ0n) is 8.97. The maximum absolute atomic E-state index is 12.2. The number of halogens is 3. The fourth-order valence-electron chi connectivity index (χ4n) is 1.63. The zero-order chi connectivity index (χ0) is 12.5. The maximum Gasteiger partial charge on any atom is 0.406 e. The number of carbonyl (C=O) groups is 2. The van der Waals surface area contributed by atoms with Crippen LogP contribution in [-0.2, 0) is 9.59 Å². The number of nitrogens with zero attached hydrogens (tertiary/aromatic N) is 1. The number of rotatable bonds is 1. The van der Waals surface area contributed by atoms with E-state index < -0.39 is 36.6 Å². The van der Waals surface area contributed by atoms with E-state index in [9.17, 15) is 22.8 Å². The van der Waals surface area contributed by atoms with Gasteiger partial charge in [0.15, 0.2) is 0 Å². The van der Waals surface area contributed by atoms with Gasteiger partial charge in [0, 0.05) is 12.5 Å². The van der Waals surface area contributed by atoms with Gasteiger partial charge in [-0.15, -0.1) is 0 Å². The van der Waals surface area contributed by atoms with Crippen LogP contribution in [0, 0.1) is 0 Å². The van der Waals surface area contributed by atoms with Crippen LogP contribution in [-0.4, -0.2) is 41.5 Å². The molecule has 0 aromatic carbocycles. The van der Waals surface area contributed by atoms with Gasteiger partial charge in [-0.25, -0.2) is 0 Å². The largest absolute Gasteiger partial charge is 0.406 e. The fourth-order valence-corrected chi connectivity index (χ4v) is 1.63. The van der Waals surface area contributed by atoms with Crippen LogP contribution in [0.1, 0.15) is 20.3 Å². The van der Waals surface area contributed by atoms with Crippen molar-refractivity contribution >= 4 is 11.8 Å². The molecule has 2 atom stereocenters. The van der Waals surface area contributed by atoms with E-state index >= 15 is 0 Å². The third kappa shape index (κ3) is 3.11. The first-order chi connectivity index (χ1) is 7.20. The highest BCUT2D eigenvalue weighted by molar-refractivity contribution is 5.90. The van der Waals surface area contributed by atoms with Crippen LogP contribution in [0.2, 0.25) is 0 Å². The SMILES string of the molecule is CC1NC(=O)CC(C)N(CC(F)(F)F)C1=O. The van der Waals surface area contributed by atoms with Crippen LogP contribution in [0.5, 0.6) is 0 Å². The molecule has 0 radical (unpaired) electrons. The van der Waals surface area contributed by atoms with E-state index in [4.69, 9.17) is 0 Å². The Hall–Kier alpha value is -1.27. The van der Waals surface area contributed by atoms with Gasteiger partial charge in [-0.1, -0.05) is 0 Å². The summed E-state index contributed by atoms with van der Waals surface area (Å²) in [6.07, 6.45) is -4.55. The van der Waals surface area contributed by atoms with E-state index in [1.807, 2.05) is 0 Å². The van der Waals surface area contributed by atoms with Gasteiger partial charge in [0.05, 0.1) is 0 Å². The molecule has 1 rings (SSSR count). The molecule has 1 N–H and O–H groups in total. The topological polar surface area (TPSA) is 49.4 Å². The van der Waals surface area contributed by atoms with Gasteiger partial charge in [-0.05, 0) is 13.8 Å². The molecular weight excluding hydrogens is 225 g/mol. The minimum Gasteiger partial charge on any atom is -0.345 e. The first-order valence-electron chi connectivity index (χ1n) is 4.87. The van der Waals surface area contributed by atoms with Crippen molar-refractivity contribution in [3.8, 4) is 0 Å². The van der Waals surface area contributed by atoms with Crippen molar-refractivity contribution in [3.05, 3.63) is 0 Å². The lowest BCUT2D eigenvalue weighted by Gasteiger charge is -2.28. The number of hydrogen-bond acceptors (Lipinski definition) is 2. The molecule has 0 bridgehead atoms. The lowest BCUT2D eigenvalue weighted by Crippen LogP contribution is -2.48. The van der Waals surface area contributed by atoms with E-state index in [1.165, 1.54) is 13.8 Å². The first kappa shape index (κ1) is 12.8. The predicted octanol–water partition coefficient (Wildman–Crippen LogP) is 0.674. The molecule has 0 aromatic heterocycles. The molecule has 1 heterocycles. The lowest BCUT2D eigenvalue weighted by atomic mass is 10.2. The van der Waals surface area contributed by atoms with Gasteiger partial charge in [0.25, 0.3) is 0 Å². The van der Waals surface area contributed by atoms with Crippen LogP contribution < -0.4 is 5.32 Å². The Morgan fingerprint density at radius 1 is 1.38 bits per heavy atom. The number of carbonyl (C=O) groups excluding carboxylic acids is 2.